The molecule has 0 saturated heterocycles. The number of hydrogen-bond acceptors (Lipinski definition) is 5. The first-order valence-corrected chi connectivity index (χ1v) is 7.68. The van der Waals surface area contributed by atoms with E-state index in [1.165, 1.54) is 7.11 Å². The van der Waals surface area contributed by atoms with Gasteiger partial charge in [-0.2, -0.15) is 0 Å². The third-order valence-corrected chi connectivity index (χ3v) is 3.77. The van der Waals surface area contributed by atoms with E-state index in [-0.39, 0.29) is 5.75 Å². The van der Waals surface area contributed by atoms with Gasteiger partial charge in [0.25, 0.3) is 0 Å². The molecule has 0 spiro atoms. The highest BCUT2D eigenvalue weighted by Crippen LogP contribution is 2.25. The predicted molar refractivity (Wildman–Crippen MR) is 94.9 cm³/mol. The molecule has 1 heterocycles. The molecule has 2 aromatic carbocycles. The lowest BCUT2D eigenvalue weighted by atomic mass is 10.2. The van der Waals surface area contributed by atoms with Gasteiger partial charge in [-0.15, -0.1) is 5.10 Å². The van der Waals surface area contributed by atoms with E-state index in [1.807, 2.05) is 34.9 Å². The summed E-state index contributed by atoms with van der Waals surface area (Å²) in [6.07, 6.45) is 1.65. The first-order valence-electron chi connectivity index (χ1n) is 7.27. The van der Waals surface area contributed by atoms with Crippen LogP contribution in [0.1, 0.15) is 11.1 Å². The second-order valence-electron chi connectivity index (χ2n) is 5.09. The number of hydrogen-bond donors (Lipinski definition) is 2. The van der Waals surface area contributed by atoms with Crippen LogP contribution in [0.15, 0.2) is 53.5 Å². The quantitative estimate of drug-likeness (QED) is 0.551. The van der Waals surface area contributed by atoms with Crippen LogP contribution >= 0.6 is 12.2 Å². The molecule has 3 rings (SSSR count). The zero-order valence-electron chi connectivity index (χ0n) is 13.0. The van der Waals surface area contributed by atoms with Crippen LogP contribution in [0.5, 0.6) is 11.5 Å². The SMILES string of the molecule is COc1cc(C=Nc2n[nH]c(=S)n2Cc2ccccc2)ccc1O. The smallest absolute Gasteiger partial charge is 0.249 e. The third-order valence-electron chi connectivity index (χ3n) is 3.45. The molecule has 0 fully saturated rings. The third kappa shape index (κ3) is 3.52. The Kier molecular flexibility index (Phi) is 4.72. The Bertz CT molecular complexity index is 916. The molecule has 0 aliphatic carbocycles. The van der Waals surface area contributed by atoms with Crippen molar-refractivity contribution in [2.75, 3.05) is 7.11 Å². The summed E-state index contributed by atoms with van der Waals surface area (Å²) < 4.78 is 7.42. The lowest BCUT2D eigenvalue weighted by Gasteiger charge is -2.04. The second kappa shape index (κ2) is 7.10. The lowest BCUT2D eigenvalue weighted by molar-refractivity contribution is 0.373. The van der Waals surface area contributed by atoms with E-state index < -0.39 is 0 Å². The first kappa shape index (κ1) is 15.9. The molecule has 122 valence electrons. The Hall–Kier alpha value is -2.93. The molecular weight excluding hydrogens is 324 g/mol. The van der Waals surface area contributed by atoms with Crippen molar-refractivity contribution in [1.82, 2.24) is 14.8 Å². The molecule has 3 aromatic rings. The monoisotopic (exact) mass is 340 g/mol. The fourth-order valence-electron chi connectivity index (χ4n) is 2.22. The van der Waals surface area contributed by atoms with Gasteiger partial charge >= 0.3 is 0 Å². The van der Waals surface area contributed by atoms with Crippen molar-refractivity contribution < 1.29 is 9.84 Å². The Morgan fingerprint density at radius 2 is 2.08 bits per heavy atom. The molecule has 0 atom stereocenters. The number of phenols is 1. The maximum Gasteiger partial charge on any atom is 0.249 e. The number of aromatic nitrogens is 3. The fourth-order valence-corrected chi connectivity index (χ4v) is 2.42. The molecule has 0 saturated carbocycles. The van der Waals surface area contributed by atoms with Crippen LogP contribution in [0.3, 0.4) is 0 Å². The summed E-state index contributed by atoms with van der Waals surface area (Å²) in [5.74, 6) is 0.958. The van der Waals surface area contributed by atoms with Gasteiger partial charge in [-0.3, -0.25) is 4.57 Å². The van der Waals surface area contributed by atoms with Gasteiger partial charge in [0.05, 0.1) is 13.7 Å². The first-order chi connectivity index (χ1) is 11.7. The van der Waals surface area contributed by atoms with E-state index >= 15 is 0 Å². The van der Waals surface area contributed by atoms with Crippen LogP contribution < -0.4 is 4.74 Å². The average Bonchev–Trinajstić information content (AvgIpc) is 2.95. The number of ether oxygens (including phenoxy) is 1. The van der Waals surface area contributed by atoms with Gasteiger partial charge in [0.2, 0.25) is 5.95 Å². The van der Waals surface area contributed by atoms with Gasteiger partial charge in [0, 0.05) is 6.21 Å². The Morgan fingerprint density at radius 1 is 1.29 bits per heavy atom. The Labute approximate surface area is 144 Å². The van der Waals surface area contributed by atoms with Crippen LogP contribution in [-0.4, -0.2) is 33.2 Å². The summed E-state index contributed by atoms with van der Waals surface area (Å²) in [5.41, 5.74) is 1.89. The Morgan fingerprint density at radius 3 is 2.83 bits per heavy atom. The molecule has 2 N–H and O–H groups in total. The summed E-state index contributed by atoms with van der Waals surface area (Å²) in [6, 6.07) is 15.0. The number of phenolic OH excluding ortho intramolecular Hbond substituents is 1. The largest absolute Gasteiger partial charge is 0.504 e. The topological polar surface area (TPSA) is 75.4 Å². The minimum absolute atomic E-state index is 0.0846. The molecule has 0 aliphatic rings. The van der Waals surface area contributed by atoms with E-state index in [0.717, 1.165) is 11.1 Å². The highest BCUT2D eigenvalue weighted by molar-refractivity contribution is 7.71. The number of nitrogens with zero attached hydrogens (tertiary/aromatic N) is 3. The van der Waals surface area contributed by atoms with Gasteiger partial charge in [-0.1, -0.05) is 30.3 Å². The van der Waals surface area contributed by atoms with Crippen molar-refractivity contribution in [2.45, 2.75) is 6.54 Å². The van der Waals surface area contributed by atoms with E-state index in [1.54, 1.807) is 24.4 Å². The summed E-state index contributed by atoms with van der Waals surface area (Å²) >= 11 is 5.28. The highest BCUT2D eigenvalue weighted by atomic mass is 32.1. The molecule has 0 aliphatic heterocycles. The minimum atomic E-state index is 0.0846. The maximum atomic E-state index is 9.63. The average molecular weight is 340 g/mol. The van der Waals surface area contributed by atoms with Crippen molar-refractivity contribution in [3.8, 4) is 11.5 Å². The van der Waals surface area contributed by atoms with E-state index in [2.05, 4.69) is 15.2 Å². The number of aromatic hydroxyl groups is 1. The summed E-state index contributed by atoms with van der Waals surface area (Å²) in [4.78, 5) is 4.39. The number of aliphatic imine (C=N–C) groups is 1. The standard InChI is InChI=1S/C17H16N4O2S/c1-23-15-9-13(7-8-14(15)22)10-18-16-19-20-17(24)21(16)11-12-5-3-2-4-6-12/h2-10,22H,11H2,1H3,(H,20,24). The minimum Gasteiger partial charge on any atom is -0.504 e. The zero-order valence-corrected chi connectivity index (χ0v) is 13.8. The van der Waals surface area contributed by atoms with Crippen molar-refractivity contribution in [3.63, 3.8) is 0 Å². The number of rotatable bonds is 5. The van der Waals surface area contributed by atoms with Gasteiger partial charge in [-0.25, -0.2) is 10.1 Å². The summed E-state index contributed by atoms with van der Waals surface area (Å²) in [7, 11) is 1.50. The van der Waals surface area contributed by atoms with Crippen molar-refractivity contribution >= 4 is 24.4 Å². The van der Waals surface area contributed by atoms with E-state index in [4.69, 9.17) is 17.0 Å². The van der Waals surface area contributed by atoms with E-state index in [9.17, 15) is 5.11 Å². The molecule has 0 amide bonds. The summed E-state index contributed by atoms with van der Waals surface area (Å²) in [6.45, 7) is 0.585. The number of methoxy groups -OCH3 is 1. The fraction of sp³-hybridized carbons (Fsp3) is 0.118. The highest BCUT2D eigenvalue weighted by Gasteiger charge is 2.06. The molecule has 6 nitrogen and oxygen atoms in total. The van der Waals surface area contributed by atoms with Crippen LogP contribution in [0.2, 0.25) is 0 Å². The van der Waals surface area contributed by atoms with Crippen LogP contribution in [0.25, 0.3) is 0 Å². The molecular formula is C17H16N4O2S. The van der Waals surface area contributed by atoms with Crippen LogP contribution in [0.4, 0.5) is 5.95 Å². The Balaban J connectivity index is 1.87. The molecule has 0 bridgehead atoms. The lowest BCUT2D eigenvalue weighted by Crippen LogP contribution is -1.99. The number of H-pyrrole nitrogens is 1. The van der Waals surface area contributed by atoms with Gasteiger partial charge in [0.15, 0.2) is 16.3 Å². The van der Waals surface area contributed by atoms with Crippen molar-refractivity contribution in [3.05, 3.63) is 64.4 Å². The zero-order chi connectivity index (χ0) is 16.9. The second-order valence-corrected chi connectivity index (χ2v) is 5.48. The van der Waals surface area contributed by atoms with Crippen molar-refractivity contribution in [2.24, 2.45) is 4.99 Å². The van der Waals surface area contributed by atoms with Crippen LogP contribution in [0, 0.1) is 4.77 Å². The predicted octanol–water partition coefficient (Wildman–Crippen LogP) is 3.45. The van der Waals surface area contributed by atoms with E-state index in [0.29, 0.717) is 23.0 Å². The molecule has 24 heavy (non-hydrogen) atoms. The van der Waals surface area contributed by atoms with Crippen LogP contribution in [-0.2, 0) is 6.54 Å². The molecule has 0 unspecified atom stereocenters. The number of aromatic amines is 1. The number of benzene rings is 2. The molecule has 7 heteroatoms. The van der Waals surface area contributed by atoms with Gasteiger partial charge in [-0.05, 0) is 41.5 Å². The number of nitrogens with one attached hydrogen (secondary N) is 1. The molecule has 0 radical (unpaired) electrons. The van der Waals surface area contributed by atoms with Crippen molar-refractivity contribution in [1.29, 1.82) is 0 Å². The normalized spacial score (nSPS) is 11.0. The van der Waals surface area contributed by atoms with Gasteiger partial charge < -0.3 is 9.84 Å². The maximum absolute atomic E-state index is 9.63. The summed E-state index contributed by atoms with van der Waals surface area (Å²) in [5, 5.41) is 16.5. The van der Waals surface area contributed by atoms with Gasteiger partial charge in [0.1, 0.15) is 0 Å². The molecule has 1 aromatic heterocycles.